The monoisotopic (exact) mass is 707 g/mol. The molecule has 2 amide bonds. The minimum absolute atomic E-state index is 0.0170. The highest BCUT2D eigenvalue weighted by molar-refractivity contribution is 7.92. The molecule has 0 saturated heterocycles. The summed E-state index contributed by atoms with van der Waals surface area (Å²) in [5.41, 5.74) is 3.99. The van der Waals surface area contributed by atoms with Crippen LogP contribution in [0.25, 0.3) is 11.3 Å². The number of anilines is 1. The highest BCUT2D eigenvalue weighted by Crippen LogP contribution is 2.46. The van der Waals surface area contributed by atoms with Crippen LogP contribution < -0.4 is 14.8 Å². The van der Waals surface area contributed by atoms with E-state index in [0.717, 1.165) is 47.9 Å². The number of amides is 2. The highest BCUT2D eigenvalue weighted by Gasteiger charge is 2.44. The fourth-order valence-corrected chi connectivity index (χ4v) is 7.73. The summed E-state index contributed by atoms with van der Waals surface area (Å²) >= 11 is 0. The van der Waals surface area contributed by atoms with Gasteiger partial charge in [0.05, 0.1) is 22.7 Å². The summed E-state index contributed by atoms with van der Waals surface area (Å²) in [4.78, 5) is 35.7. The summed E-state index contributed by atoms with van der Waals surface area (Å²) in [6.07, 6.45) is 3.33. The fraction of sp³-hybridized carbons (Fsp3) is 0.526. The van der Waals surface area contributed by atoms with Gasteiger partial charge in [-0.1, -0.05) is 58.0 Å². The number of alkyl carbamates (subject to hydrolysis) is 1. The zero-order valence-electron chi connectivity index (χ0n) is 30.9. The van der Waals surface area contributed by atoms with Crippen LogP contribution in [0.1, 0.15) is 83.9 Å². The van der Waals surface area contributed by atoms with Gasteiger partial charge < -0.3 is 19.7 Å². The van der Waals surface area contributed by atoms with Gasteiger partial charge in [-0.3, -0.25) is 4.79 Å². The molecular formula is C38H53N5O6S. The normalized spacial score (nSPS) is 18.2. The van der Waals surface area contributed by atoms with Crippen LogP contribution in [0.2, 0.25) is 0 Å². The second-order valence-electron chi connectivity index (χ2n) is 15.4. The topological polar surface area (TPSA) is 140 Å². The third kappa shape index (κ3) is 10.4. The number of nitrogens with one attached hydrogen (secondary N) is 2. The van der Waals surface area contributed by atoms with Crippen molar-refractivity contribution >= 4 is 28.5 Å². The first-order chi connectivity index (χ1) is 23.4. The van der Waals surface area contributed by atoms with E-state index in [4.69, 9.17) is 9.47 Å². The van der Waals surface area contributed by atoms with Crippen molar-refractivity contribution in [2.45, 2.75) is 111 Å². The first-order valence-corrected chi connectivity index (χ1v) is 18.7. The van der Waals surface area contributed by atoms with Crippen molar-refractivity contribution in [3.63, 3.8) is 0 Å². The number of nitrogens with zero attached hydrogens (tertiary/aromatic N) is 3. The Kier molecular flexibility index (Phi) is 12.2. The molecule has 272 valence electrons. The van der Waals surface area contributed by atoms with Crippen molar-refractivity contribution < 1.29 is 27.5 Å². The van der Waals surface area contributed by atoms with Crippen molar-refractivity contribution in [1.82, 2.24) is 20.2 Å². The van der Waals surface area contributed by atoms with Gasteiger partial charge in [0.2, 0.25) is 18.2 Å². The molecule has 1 saturated carbocycles. The largest absolute Gasteiger partial charge is 0.475 e. The van der Waals surface area contributed by atoms with E-state index in [1.807, 2.05) is 63.8 Å². The predicted octanol–water partition coefficient (Wildman–Crippen LogP) is 7.21. The molecule has 1 heterocycles. The number of aromatic nitrogens is 2. The van der Waals surface area contributed by atoms with Gasteiger partial charge in [-0.05, 0) is 100.0 Å². The lowest BCUT2D eigenvalue weighted by molar-refractivity contribution is -0.130. The highest BCUT2D eigenvalue weighted by atomic mass is 32.2. The molecule has 2 aromatic carbocycles. The predicted molar refractivity (Wildman–Crippen MR) is 196 cm³/mol. The van der Waals surface area contributed by atoms with E-state index in [1.165, 1.54) is 6.07 Å². The van der Waals surface area contributed by atoms with Crippen LogP contribution in [0.5, 0.6) is 5.88 Å². The van der Waals surface area contributed by atoms with Gasteiger partial charge in [0.25, 0.3) is 10.0 Å². The Bertz CT molecular complexity index is 1750. The quantitative estimate of drug-likeness (QED) is 0.158. The molecule has 11 nitrogen and oxygen atoms in total. The van der Waals surface area contributed by atoms with E-state index in [0.29, 0.717) is 18.7 Å². The number of sulfonamides is 1. The molecule has 3 aromatic rings. The summed E-state index contributed by atoms with van der Waals surface area (Å²) in [5, 5.41) is 2.82. The van der Waals surface area contributed by atoms with E-state index < -0.39 is 16.1 Å². The van der Waals surface area contributed by atoms with Crippen LogP contribution in [0.4, 0.5) is 10.7 Å². The molecule has 0 spiro atoms. The number of aryl methyl sites for hydroxylation is 3. The molecule has 12 heteroatoms. The average molecular weight is 708 g/mol. The van der Waals surface area contributed by atoms with E-state index in [2.05, 4.69) is 47.7 Å². The van der Waals surface area contributed by atoms with Gasteiger partial charge >= 0.3 is 6.09 Å². The van der Waals surface area contributed by atoms with Crippen LogP contribution in [0, 0.1) is 31.6 Å². The van der Waals surface area contributed by atoms with Gasteiger partial charge in [-0.15, -0.1) is 0 Å². The van der Waals surface area contributed by atoms with Gasteiger partial charge in [-0.2, -0.15) is 4.98 Å². The Hall–Kier alpha value is -4.19. The summed E-state index contributed by atoms with van der Waals surface area (Å²) in [5.74, 6) is 0.0871. The second-order valence-corrected chi connectivity index (χ2v) is 17.1. The van der Waals surface area contributed by atoms with Crippen molar-refractivity contribution in [1.29, 1.82) is 0 Å². The molecule has 0 aliphatic heterocycles. The Morgan fingerprint density at radius 1 is 1.06 bits per heavy atom. The lowest BCUT2D eigenvalue weighted by atomic mass is 9.64. The van der Waals surface area contributed by atoms with Crippen molar-refractivity contribution in [3.8, 4) is 17.1 Å². The molecule has 1 aliphatic carbocycles. The molecule has 50 heavy (non-hydrogen) atoms. The van der Waals surface area contributed by atoms with Crippen LogP contribution in [-0.2, 0) is 19.6 Å². The van der Waals surface area contributed by atoms with Gasteiger partial charge in [-0.25, -0.2) is 22.9 Å². The third-order valence-electron chi connectivity index (χ3n) is 9.00. The fourth-order valence-electron chi connectivity index (χ4n) is 6.68. The first-order valence-electron chi connectivity index (χ1n) is 17.2. The Morgan fingerprint density at radius 2 is 1.72 bits per heavy atom. The second kappa shape index (κ2) is 15.8. The van der Waals surface area contributed by atoms with Crippen molar-refractivity contribution in [3.05, 3.63) is 65.2 Å². The maximum atomic E-state index is 13.4. The van der Waals surface area contributed by atoms with Crippen LogP contribution >= 0.6 is 0 Å². The summed E-state index contributed by atoms with van der Waals surface area (Å²) in [7, 11) is -3.99. The van der Waals surface area contributed by atoms with E-state index in [-0.39, 0.29) is 52.3 Å². The minimum Gasteiger partial charge on any atom is -0.475 e. The molecule has 2 N–H and O–H groups in total. The Labute approximate surface area is 297 Å². The number of benzene rings is 2. The Balaban J connectivity index is 1.57. The van der Waals surface area contributed by atoms with Crippen molar-refractivity contribution in [2.24, 2.45) is 10.8 Å². The summed E-state index contributed by atoms with van der Waals surface area (Å²) in [6.45, 7) is 18.6. The van der Waals surface area contributed by atoms with E-state index >= 15 is 0 Å². The van der Waals surface area contributed by atoms with Crippen LogP contribution in [0.15, 0.2) is 53.4 Å². The van der Waals surface area contributed by atoms with E-state index in [9.17, 15) is 18.0 Å². The number of carbonyl (C=O) groups excluding carboxylic acids is 2. The van der Waals surface area contributed by atoms with Crippen LogP contribution in [-0.4, -0.2) is 67.1 Å². The van der Waals surface area contributed by atoms with Gasteiger partial charge in [0.1, 0.15) is 6.61 Å². The summed E-state index contributed by atoms with van der Waals surface area (Å²) < 4.78 is 40.9. The maximum absolute atomic E-state index is 13.4. The molecule has 1 fully saturated rings. The molecule has 1 aromatic heterocycles. The van der Waals surface area contributed by atoms with Crippen molar-refractivity contribution in [2.75, 3.05) is 17.9 Å². The van der Waals surface area contributed by atoms with Gasteiger partial charge in [0.15, 0.2) is 0 Å². The van der Waals surface area contributed by atoms with Gasteiger partial charge in [0, 0.05) is 24.2 Å². The van der Waals surface area contributed by atoms with E-state index in [1.54, 1.807) is 18.2 Å². The number of hydrogen-bond acceptors (Lipinski definition) is 8. The average Bonchev–Trinajstić information content (AvgIpc) is 2.98. The zero-order chi connectivity index (χ0) is 36.9. The summed E-state index contributed by atoms with van der Waals surface area (Å²) in [6, 6.07) is 14.0. The number of ether oxygens (including phenoxy) is 2. The smallest absolute Gasteiger partial charge is 0.407 e. The molecule has 0 bridgehead atoms. The molecule has 0 radical (unpaired) electrons. The zero-order valence-corrected chi connectivity index (χ0v) is 31.7. The molecular weight excluding hydrogens is 655 g/mol. The lowest BCUT2D eigenvalue weighted by Gasteiger charge is -2.51. The standard InChI is InChI=1S/C38H53N5O6S/c1-25(2)49-36(45)39-17-16-38(9)21-29(22-38)43(24-44)30(20-37(6,7)8)23-48-33-19-32(34-27(4)13-11-14-28(34)5)40-35(41-33)42-50(46,47)31-15-10-12-26(3)18-31/h10-15,18-19,24-25,29-30H,16-17,20-23H2,1-9H3,(H,39,45)(H,40,41,42)/t29?,30-,38?/m1/s1. The first kappa shape index (κ1) is 38.6. The molecule has 1 atom stereocenters. The maximum Gasteiger partial charge on any atom is 0.407 e. The molecule has 1 aliphatic rings. The lowest BCUT2D eigenvalue weighted by Crippen LogP contribution is -2.55. The van der Waals surface area contributed by atoms with Crippen LogP contribution in [0.3, 0.4) is 0 Å². The number of hydrogen-bond donors (Lipinski definition) is 2. The third-order valence-corrected chi connectivity index (χ3v) is 10.3. The number of carbonyl (C=O) groups is 2. The minimum atomic E-state index is -3.99. The number of rotatable bonds is 15. The molecule has 4 rings (SSSR count). The Morgan fingerprint density at radius 3 is 2.32 bits per heavy atom. The SMILES string of the molecule is Cc1cccc(S(=O)(=O)Nc2nc(OC[C@@H](CC(C)(C)C)N(C=O)C3CC(C)(CCNC(=O)OC(C)C)C3)cc(-c3c(C)cccc3C)n2)c1. The molecule has 0 unspecified atom stereocenters.